The molecular weight excluding hydrogens is 1070 g/mol. The van der Waals surface area contributed by atoms with Gasteiger partial charge in [-0.2, -0.15) is 18.4 Å². The van der Waals surface area contributed by atoms with Crippen molar-refractivity contribution in [2.24, 2.45) is 0 Å². The fraction of sp³-hybridized carbons (Fsp3) is 0.0130. The molecule has 12 aromatic carbocycles. The second-order valence-electron chi connectivity index (χ2n) is 21.4. The van der Waals surface area contributed by atoms with E-state index in [0.717, 1.165) is 100.0 Å². The van der Waals surface area contributed by atoms with E-state index >= 15 is 13.2 Å². The van der Waals surface area contributed by atoms with E-state index in [1.165, 1.54) is 12.1 Å². The Bertz CT molecular complexity index is 4940. The molecule has 0 spiro atoms. The zero-order valence-corrected chi connectivity index (χ0v) is 46.0. The van der Waals surface area contributed by atoms with Gasteiger partial charge in [-0.15, -0.1) is 0 Å². The molecule has 15 rings (SSSR count). The van der Waals surface area contributed by atoms with E-state index in [0.29, 0.717) is 44.9 Å². The second kappa shape index (κ2) is 21.1. The van der Waals surface area contributed by atoms with Crippen molar-refractivity contribution in [3.63, 3.8) is 0 Å². The highest BCUT2D eigenvalue weighted by Crippen LogP contribution is 2.45. The van der Waals surface area contributed by atoms with Crippen molar-refractivity contribution in [3.05, 3.63) is 296 Å². The molecule has 0 saturated heterocycles. The maximum Gasteiger partial charge on any atom is 0.416 e. The van der Waals surface area contributed by atoms with Crippen molar-refractivity contribution in [2.45, 2.75) is 6.18 Å². The summed E-state index contributed by atoms with van der Waals surface area (Å²) in [7, 11) is 0. The number of fused-ring (bicyclic) bond motifs is 6. The predicted molar refractivity (Wildman–Crippen MR) is 342 cm³/mol. The van der Waals surface area contributed by atoms with Gasteiger partial charge in [-0.3, -0.25) is 0 Å². The number of nitrogens with zero attached hydrogens (tertiary/aromatic N) is 6. The molecule has 3 heterocycles. The third-order valence-electron chi connectivity index (χ3n) is 16.3. The average molecular weight is 1110 g/mol. The van der Waals surface area contributed by atoms with Gasteiger partial charge in [-0.25, -0.2) is 15.0 Å². The molecule has 3 aromatic heterocycles. The molecule has 0 saturated carbocycles. The van der Waals surface area contributed by atoms with Gasteiger partial charge in [0.1, 0.15) is 0 Å². The van der Waals surface area contributed by atoms with Crippen molar-refractivity contribution in [2.75, 3.05) is 0 Å². The van der Waals surface area contributed by atoms with Gasteiger partial charge in [0.2, 0.25) is 0 Å². The molecule has 0 bridgehead atoms. The van der Waals surface area contributed by atoms with Crippen molar-refractivity contribution in [1.82, 2.24) is 24.1 Å². The van der Waals surface area contributed by atoms with Crippen LogP contribution in [0.2, 0.25) is 0 Å². The lowest BCUT2D eigenvalue weighted by molar-refractivity contribution is -0.137. The molecule has 9 heteroatoms. The summed E-state index contributed by atoms with van der Waals surface area (Å²) >= 11 is 0. The Morgan fingerprint density at radius 3 is 1.03 bits per heavy atom. The van der Waals surface area contributed by atoms with E-state index in [1.807, 2.05) is 144 Å². The number of nitriles is 1. The number of halogens is 3. The molecule has 0 aliphatic carbocycles. The van der Waals surface area contributed by atoms with Gasteiger partial charge in [-0.1, -0.05) is 194 Å². The SMILES string of the molecule is N#Cc1ccc(-c2ccc(-n3c4ccc(-c5ccccc5)cc4c4cc(-c5ccccc5)ccc43)c(-c3nc(-c4ccccc4)nc(-c4ccc(C(F)(F)F)cc4-n4c5ccc(-c6ccccc6)cc5c5cc(-c6ccccc6)ccc54)n3)c2)cc1. The fourth-order valence-corrected chi connectivity index (χ4v) is 12.0. The maximum absolute atomic E-state index is 15.4. The number of rotatable bonds is 10. The summed E-state index contributed by atoms with van der Waals surface area (Å²) in [5.41, 5.74) is 15.7. The van der Waals surface area contributed by atoms with E-state index in [-0.39, 0.29) is 11.5 Å². The summed E-state index contributed by atoms with van der Waals surface area (Å²) in [4.78, 5) is 16.1. The lowest BCUT2D eigenvalue weighted by atomic mass is 9.99. The van der Waals surface area contributed by atoms with E-state index in [1.54, 1.807) is 12.1 Å². The van der Waals surface area contributed by atoms with Gasteiger partial charge in [0.05, 0.1) is 50.6 Å². The summed E-state index contributed by atoms with van der Waals surface area (Å²) < 4.78 is 50.4. The van der Waals surface area contributed by atoms with Gasteiger partial charge in [0.15, 0.2) is 17.5 Å². The van der Waals surface area contributed by atoms with Crippen molar-refractivity contribution < 1.29 is 13.2 Å². The lowest BCUT2D eigenvalue weighted by Crippen LogP contribution is -2.09. The van der Waals surface area contributed by atoms with Crippen LogP contribution in [0.5, 0.6) is 0 Å². The highest BCUT2D eigenvalue weighted by atomic mass is 19.4. The monoisotopic (exact) mass is 1110 g/mol. The molecule has 0 unspecified atom stereocenters. The van der Waals surface area contributed by atoms with Gasteiger partial charge in [0.25, 0.3) is 0 Å². The van der Waals surface area contributed by atoms with Gasteiger partial charge in [0, 0.05) is 38.2 Å². The van der Waals surface area contributed by atoms with Crippen LogP contribution in [0, 0.1) is 11.3 Å². The van der Waals surface area contributed by atoms with E-state index in [4.69, 9.17) is 15.0 Å². The molecule has 86 heavy (non-hydrogen) atoms. The first kappa shape index (κ1) is 51.4. The first-order valence-corrected chi connectivity index (χ1v) is 28.3. The summed E-state index contributed by atoms with van der Waals surface area (Å²) in [6.45, 7) is 0. The fourth-order valence-electron chi connectivity index (χ4n) is 12.0. The van der Waals surface area contributed by atoms with Crippen LogP contribution in [0.3, 0.4) is 0 Å². The molecule has 0 radical (unpaired) electrons. The molecule has 0 aliphatic heterocycles. The van der Waals surface area contributed by atoms with Crippen molar-refractivity contribution in [3.8, 4) is 107 Å². The summed E-state index contributed by atoms with van der Waals surface area (Å²) in [6, 6.07) is 95.6. The Hall–Kier alpha value is -11.5. The molecule has 15 aromatic rings. The third kappa shape index (κ3) is 9.23. The van der Waals surface area contributed by atoms with Crippen LogP contribution in [0.15, 0.2) is 285 Å². The van der Waals surface area contributed by atoms with E-state index in [9.17, 15) is 5.26 Å². The van der Waals surface area contributed by atoms with Gasteiger partial charge >= 0.3 is 6.18 Å². The van der Waals surface area contributed by atoms with Crippen LogP contribution in [0.4, 0.5) is 13.2 Å². The van der Waals surface area contributed by atoms with Crippen LogP contribution in [-0.4, -0.2) is 24.1 Å². The van der Waals surface area contributed by atoms with Crippen LogP contribution in [0.25, 0.3) is 145 Å². The van der Waals surface area contributed by atoms with Crippen LogP contribution >= 0.6 is 0 Å². The summed E-state index contributed by atoms with van der Waals surface area (Å²) in [5.74, 6) is 0.797. The third-order valence-corrected chi connectivity index (χ3v) is 16.3. The van der Waals surface area contributed by atoms with Gasteiger partial charge < -0.3 is 9.13 Å². The molecule has 0 atom stereocenters. The molecule has 0 aliphatic rings. The molecule has 6 nitrogen and oxygen atoms in total. The Morgan fingerprint density at radius 2 is 0.628 bits per heavy atom. The molecule has 406 valence electrons. The van der Waals surface area contributed by atoms with Crippen molar-refractivity contribution >= 4 is 43.6 Å². The molecule has 0 N–H and O–H groups in total. The number of alkyl halides is 3. The highest BCUT2D eigenvalue weighted by Gasteiger charge is 2.33. The first-order valence-electron chi connectivity index (χ1n) is 28.3. The van der Waals surface area contributed by atoms with E-state index in [2.05, 4.69) is 126 Å². The molecular formula is C77H47F3N6. The quantitative estimate of drug-likeness (QED) is 0.137. The topological polar surface area (TPSA) is 72.3 Å². The Balaban J connectivity index is 1.01. The minimum atomic E-state index is -4.70. The molecule has 0 amide bonds. The smallest absolute Gasteiger partial charge is 0.308 e. The Morgan fingerprint density at radius 1 is 0.291 bits per heavy atom. The van der Waals surface area contributed by atoms with Crippen molar-refractivity contribution in [1.29, 1.82) is 5.26 Å². The molecule has 0 fully saturated rings. The van der Waals surface area contributed by atoms with Gasteiger partial charge in [-0.05, 0) is 147 Å². The Labute approximate surface area is 493 Å². The standard InChI is InChI=1S/C77H47F3N6/c78-77(79,80)61-35-36-62(73(47-61)86-70-39-32-58(52-20-10-3-11-21-52)44-65(70)66-45-59(33-40-71(66)86)53-22-12-4-13-23-53)75-82-74(55-24-14-5-15-25-55)83-76(84-75)67-46-60(54-28-26-49(48-81)27-29-54)34-41-72(67)85-68-37-30-56(50-16-6-1-7-17-50)42-63(68)64-43-57(31-38-69(64)85)51-18-8-2-9-19-51/h1-47H. The average Bonchev–Trinajstić information content (AvgIpc) is 1.86. The van der Waals surface area contributed by atoms with Crippen LogP contribution in [0.1, 0.15) is 11.1 Å². The predicted octanol–water partition coefficient (Wildman–Crippen LogP) is 20.3. The minimum absolute atomic E-state index is 0.173. The van der Waals surface area contributed by atoms with Crippen LogP contribution < -0.4 is 0 Å². The zero-order valence-electron chi connectivity index (χ0n) is 46.0. The normalized spacial score (nSPS) is 11.7. The minimum Gasteiger partial charge on any atom is -0.308 e. The second-order valence-corrected chi connectivity index (χ2v) is 21.4. The summed E-state index contributed by atoms with van der Waals surface area (Å²) in [6.07, 6.45) is -4.70. The zero-order chi connectivity index (χ0) is 57.9. The summed E-state index contributed by atoms with van der Waals surface area (Å²) in [5, 5.41) is 13.6. The number of hydrogen-bond donors (Lipinski definition) is 0. The maximum atomic E-state index is 15.4. The number of hydrogen-bond acceptors (Lipinski definition) is 4. The number of benzene rings is 12. The Kier molecular flexibility index (Phi) is 12.6. The van der Waals surface area contributed by atoms with E-state index < -0.39 is 11.7 Å². The highest BCUT2D eigenvalue weighted by molar-refractivity contribution is 6.13. The number of aromatic nitrogens is 5. The largest absolute Gasteiger partial charge is 0.416 e. The lowest BCUT2D eigenvalue weighted by Gasteiger charge is -2.18. The first-order chi connectivity index (χ1) is 42.2. The van der Waals surface area contributed by atoms with Crippen LogP contribution in [-0.2, 0) is 6.18 Å².